The average Bonchev–Trinajstić information content (AvgIpc) is 2.45. The first kappa shape index (κ1) is 13.7. The van der Waals surface area contributed by atoms with E-state index in [1.807, 2.05) is 30.3 Å². The van der Waals surface area contributed by atoms with Crippen LogP contribution in [0.2, 0.25) is 0 Å². The van der Waals surface area contributed by atoms with Gasteiger partial charge in [0.15, 0.2) is 0 Å². The number of ether oxygens (including phenoxy) is 1. The highest BCUT2D eigenvalue weighted by molar-refractivity contribution is 5.97. The smallest absolute Gasteiger partial charge is 0.354 e. The third-order valence-corrected chi connectivity index (χ3v) is 2.63. The fourth-order valence-electron chi connectivity index (χ4n) is 1.76. The molecule has 0 aliphatic rings. The van der Waals surface area contributed by atoms with Gasteiger partial charge in [-0.1, -0.05) is 24.3 Å². The maximum atomic E-state index is 11.6. The summed E-state index contributed by atoms with van der Waals surface area (Å²) in [5, 5.41) is 3.44. The van der Waals surface area contributed by atoms with Crippen LogP contribution in [0.25, 0.3) is 17.0 Å². The predicted octanol–water partition coefficient (Wildman–Crippen LogP) is 1.88. The van der Waals surface area contributed by atoms with Gasteiger partial charge in [-0.05, 0) is 18.2 Å². The quantitative estimate of drug-likeness (QED) is 0.683. The summed E-state index contributed by atoms with van der Waals surface area (Å²) >= 11 is 0. The molecule has 102 valence electrons. The summed E-state index contributed by atoms with van der Waals surface area (Å²) in [4.78, 5) is 27.1. The summed E-state index contributed by atoms with van der Waals surface area (Å²) in [6.45, 7) is 1.32. The number of esters is 1. The topological polar surface area (TPSA) is 68.3 Å². The molecule has 0 aliphatic carbocycles. The van der Waals surface area contributed by atoms with Crippen LogP contribution in [-0.4, -0.2) is 24.0 Å². The van der Waals surface area contributed by atoms with Crippen molar-refractivity contribution in [2.24, 2.45) is 0 Å². The fraction of sp³-hybridized carbons (Fsp3) is 0.133. The number of benzene rings is 1. The van der Waals surface area contributed by atoms with Gasteiger partial charge in [-0.15, -0.1) is 0 Å². The van der Waals surface area contributed by atoms with Gasteiger partial charge in [0.05, 0.1) is 18.3 Å². The molecule has 0 unspecified atom stereocenters. The van der Waals surface area contributed by atoms with Gasteiger partial charge in [-0.25, -0.2) is 9.78 Å². The molecule has 0 fully saturated rings. The molecule has 0 spiro atoms. The number of nitrogens with one attached hydrogen (secondary N) is 1. The highest BCUT2D eigenvalue weighted by Crippen LogP contribution is 2.13. The Kier molecular flexibility index (Phi) is 4.10. The van der Waals surface area contributed by atoms with Gasteiger partial charge in [-0.3, -0.25) is 4.79 Å². The van der Waals surface area contributed by atoms with Crippen LogP contribution in [0.1, 0.15) is 12.6 Å². The van der Waals surface area contributed by atoms with E-state index in [0.29, 0.717) is 5.69 Å². The van der Waals surface area contributed by atoms with Crippen molar-refractivity contribution in [3.8, 4) is 0 Å². The van der Waals surface area contributed by atoms with Crippen molar-refractivity contribution in [2.45, 2.75) is 6.92 Å². The molecule has 5 heteroatoms. The molecule has 1 N–H and O–H groups in total. The van der Waals surface area contributed by atoms with Crippen LogP contribution in [0.4, 0.5) is 0 Å². The number of methoxy groups -OCH3 is 1. The molecule has 0 atom stereocenters. The molecule has 2 rings (SSSR count). The van der Waals surface area contributed by atoms with Crippen molar-refractivity contribution in [1.82, 2.24) is 10.3 Å². The molecule has 0 aliphatic heterocycles. The minimum absolute atomic E-state index is 0.0581. The molecular formula is C15H14N2O3. The van der Waals surface area contributed by atoms with E-state index in [1.54, 1.807) is 6.07 Å². The van der Waals surface area contributed by atoms with E-state index in [2.05, 4.69) is 15.0 Å². The molecule has 5 nitrogen and oxygen atoms in total. The molecule has 20 heavy (non-hydrogen) atoms. The second kappa shape index (κ2) is 5.97. The van der Waals surface area contributed by atoms with Crippen molar-refractivity contribution in [2.75, 3.05) is 7.11 Å². The lowest BCUT2D eigenvalue weighted by Crippen LogP contribution is -2.25. The minimum Gasteiger partial charge on any atom is -0.464 e. The van der Waals surface area contributed by atoms with Gasteiger partial charge < -0.3 is 10.1 Å². The summed E-state index contributed by atoms with van der Waals surface area (Å²) < 4.78 is 4.62. The Morgan fingerprint density at radius 1 is 1.20 bits per heavy atom. The van der Waals surface area contributed by atoms with Gasteiger partial charge >= 0.3 is 5.97 Å². The Labute approximate surface area is 116 Å². The lowest BCUT2D eigenvalue weighted by molar-refractivity contribution is -0.137. The van der Waals surface area contributed by atoms with E-state index < -0.39 is 5.97 Å². The normalized spacial score (nSPS) is 11.2. The standard InChI is InChI=1S/C15H14N2O3/c1-10(18)16-14(15(19)20-2)9-12-8-7-11-5-3-4-6-13(11)17-12/h3-9H,1-2H3,(H,16,18). The third kappa shape index (κ3) is 3.20. The molecule has 0 bridgehead atoms. The zero-order valence-corrected chi connectivity index (χ0v) is 11.2. The highest BCUT2D eigenvalue weighted by atomic mass is 16.5. The van der Waals surface area contributed by atoms with Crippen LogP contribution in [0.15, 0.2) is 42.1 Å². The number of aromatic nitrogens is 1. The van der Waals surface area contributed by atoms with Crippen molar-refractivity contribution in [1.29, 1.82) is 0 Å². The van der Waals surface area contributed by atoms with Crippen LogP contribution in [0.5, 0.6) is 0 Å². The first-order valence-corrected chi connectivity index (χ1v) is 6.03. The maximum absolute atomic E-state index is 11.6. The number of carbonyl (C=O) groups is 2. The number of rotatable bonds is 3. The van der Waals surface area contributed by atoms with Crippen molar-refractivity contribution < 1.29 is 14.3 Å². The van der Waals surface area contributed by atoms with E-state index in [1.165, 1.54) is 20.1 Å². The Bertz CT molecular complexity index is 692. The SMILES string of the molecule is COC(=O)C(=Cc1ccc2ccccc2n1)NC(C)=O. The molecule has 0 saturated carbocycles. The van der Waals surface area contributed by atoms with E-state index in [9.17, 15) is 9.59 Å². The van der Waals surface area contributed by atoms with E-state index in [0.717, 1.165) is 10.9 Å². The molecule has 1 aromatic carbocycles. The molecule has 2 aromatic rings. The first-order valence-electron chi connectivity index (χ1n) is 6.03. The Balaban J connectivity index is 2.41. The largest absolute Gasteiger partial charge is 0.464 e. The van der Waals surface area contributed by atoms with Crippen LogP contribution in [-0.2, 0) is 14.3 Å². The predicted molar refractivity (Wildman–Crippen MR) is 75.6 cm³/mol. The zero-order chi connectivity index (χ0) is 14.5. The minimum atomic E-state index is -0.616. The lowest BCUT2D eigenvalue weighted by atomic mass is 10.2. The fourth-order valence-corrected chi connectivity index (χ4v) is 1.76. The third-order valence-electron chi connectivity index (χ3n) is 2.63. The molecule has 1 amide bonds. The van der Waals surface area contributed by atoms with Gasteiger partial charge in [0.2, 0.25) is 5.91 Å². The highest BCUT2D eigenvalue weighted by Gasteiger charge is 2.11. The number of hydrogen-bond acceptors (Lipinski definition) is 4. The van der Waals surface area contributed by atoms with E-state index in [4.69, 9.17) is 0 Å². The summed E-state index contributed by atoms with van der Waals surface area (Å²) in [7, 11) is 1.26. The number of nitrogens with zero attached hydrogens (tertiary/aromatic N) is 1. The van der Waals surface area contributed by atoms with Gasteiger partial charge in [0, 0.05) is 12.3 Å². The molecular weight excluding hydrogens is 256 g/mol. The van der Waals surface area contributed by atoms with Gasteiger partial charge in [0.1, 0.15) is 5.70 Å². The molecule has 1 aromatic heterocycles. The summed E-state index contributed by atoms with van der Waals surface area (Å²) in [6.07, 6.45) is 1.49. The Morgan fingerprint density at radius 3 is 2.65 bits per heavy atom. The first-order chi connectivity index (χ1) is 9.60. The van der Waals surface area contributed by atoms with E-state index >= 15 is 0 Å². The summed E-state index contributed by atoms with van der Waals surface area (Å²) in [5.41, 5.74) is 1.44. The van der Waals surface area contributed by atoms with Crippen LogP contribution in [0.3, 0.4) is 0 Å². The van der Waals surface area contributed by atoms with Crippen molar-refractivity contribution >= 4 is 28.9 Å². The number of pyridine rings is 1. The zero-order valence-electron chi connectivity index (χ0n) is 11.2. The molecule has 0 saturated heterocycles. The number of amides is 1. The average molecular weight is 270 g/mol. The number of hydrogen-bond donors (Lipinski definition) is 1. The number of carbonyl (C=O) groups excluding carboxylic acids is 2. The molecule has 1 heterocycles. The van der Waals surface area contributed by atoms with Gasteiger partial charge in [-0.2, -0.15) is 0 Å². The lowest BCUT2D eigenvalue weighted by Gasteiger charge is -2.06. The Hall–Kier alpha value is -2.69. The molecule has 0 radical (unpaired) electrons. The van der Waals surface area contributed by atoms with Crippen LogP contribution < -0.4 is 5.32 Å². The van der Waals surface area contributed by atoms with Gasteiger partial charge in [0.25, 0.3) is 0 Å². The second-order valence-electron chi connectivity index (χ2n) is 4.16. The number of para-hydroxylation sites is 1. The number of fused-ring (bicyclic) bond motifs is 1. The monoisotopic (exact) mass is 270 g/mol. The van der Waals surface area contributed by atoms with Crippen molar-refractivity contribution in [3.63, 3.8) is 0 Å². The summed E-state index contributed by atoms with van der Waals surface area (Å²) in [5.74, 6) is -0.961. The van der Waals surface area contributed by atoms with Crippen molar-refractivity contribution in [3.05, 3.63) is 47.8 Å². The van der Waals surface area contributed by atoms with Crippen LogP contribution >= 0.6 is 0 Å². The van der Waals surface area contributed by atoms with E-state index in [-0.39, 0.29) is 11.6 Å². The van der Waals surface area contributed by atoms with Crippen LogP contribution in [0, 0.1) is 0 Å². The maximum Gasteiger partial charge on any atom is 0.354 e. The Morgan fingerprint density at radius 2 is 1.95 bits per heavy atom. The summed E-state index contributed by atoms with van der Waals surface area (Å²) in [6, 6.07) is 11.3. The second-order valence-corrected chi connectivity index (χ2v) is 4.16.